The van der Waals surface area contributed by atoms with Gasteiger partial charge < -0.3 is 10.1 Å². The van der Waals surface area contributed by atoms with Crippen LogP contribution >= 0.6 is 0 Å². The first-order valence-corrected chi connectivity index (χ1v) is 8.43. The van der Waals surface area contributed by atoms with Gasteiger partial charge in [0.2, 0.25) is 0 Å². The van der Waals surface area contributed by atoms with E-state index in [1.54, 1.807) is 11.1 Å². The third kappa shape index (κ3) is 3.13. The molecule has 0 unspecified atom stereocenters. The van der Waals surface area contributed by atoms with E-state index in [1.165, 1.54) is 5.56 Å². The fourth-order valence-corrected chi connectivity index (χ4v) is 3.16. The number of nitrogens with one attached hydrogen (secondary N) is 1. The van der Waals surface area contributed by atoms with Crippen LogP contribution in [0.25, 0.3) is 10.9 Å². The van der Waals surface area contributed by atoms with Gasteiger partial charge in [0.1, 0.15) is 17.9 Å². The molecule has 0 aliphatic carbocycles. The first-order chi connectivity index (χ1) is 12.3. The molecule has 1 aliphatic heterocycles. The molecular weight excluding hydrogens is 314 g/mol. The van der Waals surface area contributed by atoms with Gasteiger partial charge in [0, 0.05) is 23.8 Å². The predicted molar refractivity (Wildman–Crippen MR) is 98.1 cm³/mol. The number of pyridine rings is 1. The molecule has 2 heterocycles. The lowest BCUT2D eigenvalue weighted by Gasteiger charge is -2.18. The van der Waals surface area contributed by atoms with Crippen molar-refractivity contribution in [1.29, 1.82) is 0 Å². The Balaban J connectivity index is 1.33. The molecule has 5 heteroatoms. The molecule has 0 fully saturated rings. The zero-order valence-corrected chi connectivity index (χ0v) is 13.8. The Morgan fingerprint density at radius 3 is 2.96 bits per heavy atom. The van der Waals surface area contributed by atoms with Crippen LogP contribution in [0.2, 0.25) is 0 Å². The lowest BCUT2D eigenvalue weighted by atomic mass is 10.2. The number of benzene rings is 2. The first kappa shape index (κ1) is 15.4. The van der Waals surface area contributed by atoms with Crippen LogP contribution in [0, 0.1) is 0 Å². The van der Waals surface area contributed by atoms with Crippen molar-refractivity contribution in [2.75, 3.05) is 24.6 Å². The minimum atomic E-state index is -0.0791. The van der Waals surface area contributed by atoms with Crippen molar-refractivity contribution < 1.29 is 9.53 Å². The van der Waals surface area contributed by atoms with Crippen molar-refractivity contribution >= 4 is 22.6 Å². The van der Waals surface area contributed by atoms with Crippen LogP contribution in [0.15, 0.2) is 60.8 Å². The number of urea groups is 1. The van der Waals surface area contributed by atoms with Gasteiger partial charge in [-0.05, 0) is 30.2 Å². The van der Waals surface area contributed by atoms with Gasteiger partial charge in [0.25, 0.3) is 0 Å². The molecule has 0 radical (unpaired) electrons. The van der Waals surface area contributed by atoms with Gasteiger partial charge in [0.05, 0.1) is 6.54 Å². The summed E-state index contributed by atoms with van der Waals surface area (Å²) in [4.78, 5) is 18.5. The fourth-order valence-electron chi connectivity index (χ4n) is 3.16. The van der Waals surface area contributed by atoms with Crippen LogP contribution in [-0.2, 0) is 6.42 Å². The Bertz CT molecular complexity index is 905. The maximum absolute atomic E-state index is 12.4. The van der Waals surface area contributed by atoms with Crippen LogP contribution in [0.1, 0.15) is 5.56 Å². The van der Waals surface area contributed by atoms with Crippen LogP contribution in [0.4, 0.5) is 10.5 Å². The highest BCUT2D eigenvalue weighted by Crippen LogP contribution is 2.27. The van der Waals surface area contributed by atoms with E-state index in [1.807, 2.05) is 48.5 Å². The number of rotatable bonds is 4. The fraction of sp³-hybridized carbons (Fsp3) is 0.200. The molecule has 2 amide bonds. The maximum Gasteiger partial charge on any atom is 0.322 e. The highest BCUT2D eigenvalue weighted by atomic mass is 16.5. The quantitative estimate of drug-likeness (QED) is 0.745. The molecule has 126 valence electrons. The minimum absolute atomic E-state index is 0.0791. The molecule has 0 bridgehead atoms. The van der Waals surface area contributed by atoms with E-state index in [0.29, 0.717) is 13.2 Å². The normalized spacial score (nSPS) is 12.9. The van der Waals surface area contributed by atoms with Gasteiger partial charge in [-0.3, -0.25) is 9.88 Å². The zero-order chi connectivity index (χ0) is 17.1. The van der Waals surface area contributed by atoms with E-state index in [-0.39, 0.29) is 6.03 Å². The number of para-hydroxylation sites is 2. The molecule has 1 N–H and O–H groups in total. The van der Waals surface area contributed by atoms with E-state index in [0.717, 1.165) is 35.3 Å². The third-order valence-electron chi connectivity index (χ3n) is 4.36. The summed E-state index contributed by atoms with van der Waals surface area (Å²) in [5, 5.41) is 3.96. The summed E-state index contributed by atoms with van der Waals surface area (Å²) >= 11 is 0. The monoisotopic (exact) mass is 333 g/mol. The topological polar surface area (TPSA) is 54.5 Å². The summed E-state index contributed by atoms with van der Waals surface area (Å²) in [6.45, 7) is 1.57. The average Bonchev–Trinajstić information content (AvgIpc) is 3.09. The summed E-state index contributed by atoms with van der Waals surface area (Å²) in [7, 11) is 0. The molecule has 1 aliphatic rings. The third-order valence-corrected chi connectivity index (χ3v) is 4.36. The standard InChI is InChI=1S/C20H19N3O2/c24-20(23-13-10-15-5-1-2-8-17(15)23)22-12-14-25-18-9-3-6-16-7-4-11-21-19(16)18/h1-9,11H,10,12-14H2,(H,22,24). The first-order valence-electron chi connectivity index (χ1n) is 8.43. The second-order valence-electron chi connectivity index (χ2n) is 5.94. The minimum Gasteiger partial charge on any atom is -0.489 e. The number of hydrogen-bond acceptors (Lipinski definition) is 3. The molecular formula is C20H19N3O2. The highest BCUT2D eigenvalue weighted by molar-refractivity contribution is 5.94. The lowest BCUT2D eigenvalue weighted by Crippen LogP contribution is -2.40. The van der Waals surface area contributed by atoms with Crippen LogP contribution in [-0.4, -0.2) is 30.7 Å². The Hall–Kier alpha value is -3.08. The van der Waals surface area contributed by atoms with Crippen molar-refractivity contribution in [1.82, 2.24) is 10.3 Å². The number of nitrogens with zero attached hydrogens (tertiary/aromatic N) is 2. The number of amides is 2. The molecule has 3 aromatic rings. The number of fused-ring (bicyclic) bond motifs is 2. The summed E-state index contributed by atoms with van der Waals surface area (Å²) < 4.78 is 5.81. The van der Waals surface area contributed by atoms with Crippen LogP contribution in [0.3, 0.4) is 0 Å². The summed E-state index contributed by atoms with van der Waals surface area (Å²) in [6.07, 6.45) is 2.66. The molecule has 0 saturated heterocycles. The van der Waals surface area contributed by atoms with E-state index < -0.39 is 0 Å². The van der Waals surface area contributed by atoms with Crippen molar-refractivity contribution in [3.8, 4) is 5.75 Å². The summed E-state index contributed by atoms with van der Waals surface area (Å²) in [5.41, 5.74) is 3.06. The van der Waals surface area contributed by atoms with Gasteiger partial charge in [-0.1, -0.05) is 36.4 Å². The van der Waals surface area contributed by atoms with E-state index in [2.05, 4.69) is 16.4 Å². The lowest BCUT2D eigenvalue weighted by molar-refractivity contribution is 0.242. The predicted octanol–water partition coefficient (Wildman–Crippen LogP) is 3.39. The van der Waals surface area contributed by atoms with Crippen LogP contribution in [0.5, 0.6) is 5.75 Å². The van der Waals surface area contributed by atoms with Gasteiger partial charge in [-0.15, -0.1) is 0 Å². The van der Waals surface area contributed by atoms with Crippen molar-refractivity contribution in [3.63, 3.8) is 0 Å². The molecule has 0 spiro atoms. The Labute approximate surface area is 146 Å². The molecule has 25 heavy (non-hydrogen) atoms. The number of hydrogen-bond donors (Lipinski definition) is 1. The molecule has 1 aromatic heterocycles. The number of carbonyl (C=O) groups excluding carboxylic acids is 1. The zero-order valence-electron chi connectivity index (χ0n) is 13.8. The van der Waals surface area contributed by atoms with Gasteiger partial charge in [0.15, 0.2) is 0 Å². The summed E-state index contributed by atoms with van der Waals surface area (Å²) in [5.74, 6) is 0.735. The molecule has 0 atom stereocenters. The number of aromatic nitrogens is 1. The number of ether oxygens (including phenoxy) is 1. The Morgan fingerprint density at radius 1 is 1.12 bits per heavy atom. The Morgan fingerprint density at radius 2 is 2.00 bits per heavy atom. The van der Waals surface area contributed by atoms with Crippen molar-refractivity contribution in [2.24, 2.45) is 0 Å². The van der Waals surface area contributed by atoms with E-state index >= 15 is 0 Å². The SMILES string of the molecule is O=C(NCCOc1cccc2cccnc12)N1CCc2ccccc21. The van der Waals surface area contributed by atoms with Gasteiger partial charge in [-0.25, -0.2) is 4.79 Å². The second kappa shape index (κ2) is 6.81. The van der Waals surface area contributed by atoms with E-state index in [4.69, 9.17) is 4.74 Å². The average molecular weight is 333 g/mol. The Kier molecular flexibility index (Phi) is 4.21. The molecule has 2 aromatic carbocycles. The van der Waals surface area contributed by atoms with Gasteiger partial charge in [-0.2, -0.15) is 0 Å². The molecule has 4 rings (SSSR count). The molecule has 5 nitrogen and oxygen atoms in total. The number of anilines is 1. The van der Waals surface area contributed by atoms with Crippen molar-refractivity contribution in [3.05, 3.63) is 66.4 Å². The second-order valence-corrected chi connectivity index (χ2v) is 5.94. The summed E-state index contributed by atoms with van der Waals surface area (Å²) in [6, 6.07) is 17.7. The van der Waals surface area contributed by atoms with Crippen LogP contribution < -0.4 is 15.0 Å². The maximum atomic E-state index is 12.4. The molecule has 0 saturated carbocycles. The highest BCUT2D eigenvalue weighted by Gasteiger charge is 2.23. The largest absolute Gasteiger partial charge is 0.489 e. The smallest absolute Gasteiger partial charge is 0.322 e. The van der Waals surface area contributed by atoms with Gasteiger partial charge >= 0.3 is 6.03 Å². The van der Waals surface area contributed by atoms with Crippen molar-refractivity contribution in [2.45, 2.75) is 6.42 Å². The number of carbonyl (C=O) groups is 1. The van der Waals surface area contributed by atoms with E-state index in [9.17, 15) is 4.79 Å².